The Morgan fingerprint density at radius 3 is 2.81 bits per heavy atom. The molecule has 5 nitrogen and oxygen atoms in total. The quantitative estimate of drug-likeness (QED) is 0.777. The van der Waals surface area contributed by atoms with E-state index in [-0.39, 0.29) is 5.56 Å². The number of rotatable bonds is 8. The van der Waals surface area contributed by atoms with Gasteiger partial charge in [-0.3, -0.25) is 9.69 Å². The van der Waals surface area contributed by atoms with Crippen LogP contribution < -0.4 is 10.9 Å². The van der Waals surface area contributed by atoms with Crippen LogP contribution in [0.2, 0.25) is 0 Å². The van der Waals surface area contributed by atoms with Gasteiger partial charge in [0.1, 0.15) is 4.47 Å². The van der Waals surface area contributed by atoms with E-state index in [2.05, 4.69) is 52.0 Å². The van der Waals surface area contributed by atoms with Crippen molar-refractivity contribution in [3.8, 4) is 0 Å². The maximum atomic E-state index is 12.2. The third-order valence-corrected chi connectivity index (χ3v) is 4.47. The molecule has 0 saturated heterocycles. The molecule has 2 rings (SSSR count). The summed E-state index contributed by atoms with van der Waals surface area (Å²) in [5.74, 6) is 0.401. The summed E-state index contributed by atoms with van der Waals surface area (Å²) in [5.41, 5.74) is 0.718. The highest BCUT2D eigenvalue weighted by Crippen LogP contribution is 2.26. The van der Waals surface area contributed by atoms with Gasteiger partial charge < -0.3 is 5.32 Å². The van der Waals surface area contributed by atoms with Crippen LogP contribution in [0.4, 0.5) is 5.69 Å². The molecule has 0 amide bonds. The van der Waals surface area contributed by atoms with Crippen LogP contribution in [0.5, 0.6) is 0 Å². The minimum atomic E-state index is -0.0664. The first-order valence-corrected chi connectivity index (χ1v) is 8.55. The lowest BCUT2D eigenvalue weighted by Crippen LogP contribution is -2.31. The zero-order valence-corrected chi connectivity index (χ0v) is 14.7. The Balaban J connectivity index is 1.94. The molecule has 1 aliphatic rings. The second kappa shape index (κ2) is 7.40. The largest absolute Gasteiger partial charge is 0.381 e. The number of aromatic nitrogens is 2. The van der Waals surface area contributed by atoms with Gasteiger partial charge in [-0.25, -0.2) is 4.68 Å². The molecule has 0 radical (unpaired) electrons. The topological polar surface area (TPSA) is 50.2 Å². The second-order valence-electron chi connectivity index (χ2n) is 6.04. The number of hydrogen-bond acceptors (Lipinski definition) is 4. The van der Waals surface area contributed by atoms with Crippen molar-refractivity contribution in [3.63, 3.8) is 0 Å². The average molecular weight is 357 g/mol. The molecule has 1 saturated carbocycles. The molecule has 0 aromatic carbocycles. The lowest BCUT2D eigenvalue weighted by Gasteiger charge is -2.20. The number of nitrogens with one attached hydrogen (secondary N) is 1. The van der Waals surface area contributed by atoms with Gasteiger partial charge in [0.2, 0.25) is 0 Å². The molecular weight excluding hydrogens is 332 g/mol. The van der Waals surface area contributed by atoms with Crippen LogP contribution in [-0.2, 0) is 6.54 Å². The van der Waals surface area contributed by atoms with Crippen LogP contribution in [0.25, 0.3) is 0 Å². The van der Waals surface area contributed by atoms with E-state index in [1.165, 1.54) is 17.5 Å². The molecule has 6 heteroatoms. The van der Waals surface area contributed by atoms with Crippen LogP contribution in [0.3, 0.4) is 0 Å². The van der Waals surface area contributed by atoms with E-state index in [9.17, 15) is 4.79 Å². The summed E-state index contributed by atoms with van der Waals surface area (Å²) in [6.45, 7) is 9.91. The SMILES string of the molecule is CCN(CCNc1cnn(CC(C)C)c(=O)c1Br)C1CC1. The Kier molecular flexibility index (Phi) is 5.81. The van der Waals surface area contributed by atoms with E-state index in [0.29, 0.717) is 16.9 Å². The van der Waals surface area contributed by atoms with Crippen LogP contribution in [-0.4, -0.2) is 40.4 Å². The van der Waals surface area contributed by atoms with Gasteiger partial charge >= 0.3 is 0 Å². The number of anilines is 1. The van der Waals surface area contributed by atoms with Gasteiger partial charge in [0.25, 0.3) is 5.56 Å². The number of nitrogens with zero attached hydrogens (tertiary/aromatic N) is 3. The lowest BCUT2D eigenvalue weighted by atomic mass is 10.2. The highest BCUT2D eigenvalue weighted by molar-refractivity contribution is 9.10. The van der Waals surface area contributed by atoms with E-state index in [1.807, 2.05) is 0 Å². The smallest absolute Gasteiger partial charge is 0.283 e. The highest BCUT2D eigenvalue weighted by atomic mass is 79.9. The Morgan fingerprint density at radius 2 is 2.24 bits per heavy atom. The van der Waals surface area contributed by atoms with E-state index < -0.39 is 0 Å². The molecule has 118 valence electrons. The molecule has 1 aliphatic carbocycles. The molecule has 0 bridgehead atoms. The fourth-order valence-corrected chi connectivity index (χ4v) is 2.88. The van der Waals surface area contributed by atoms with Gasteiger partial charge in [-0.1, -0.05) is 20.8 Å². The van der Waals surface area contributed by atoms with Crippen molar-refractivity contribution < 1.29 is 0 Å². The predicted molar refractivity (Wildman–Crippen MR) is 89.8 cm³/mol. The summed E-state index contributed by atoms with van der Waals surface area (Å²) >= 11 is 3.40. The maximum Gasteiger partial charge on any atom is 0.283 e. The van der Waals surface area contributed by atoms with Gasteiger partial charge in [-0.15, -0.1) is 0 Å². The fraction of sp³-hybridized carbons (Fsp3) is 0.733. The van der Waals surface area contributed by atoms with Gasteiger partial charge in [0, 0.05) is 25.7 Å². The fourth-order valence-electron chi connectivity index (χ4n) is 2.44. The van der Waals surface area contributed by atoms with Crippen molar-refractivity contribution in [1.82, 2.24) is 14.7 Å². The summed E-state index contributed by atoms with van der Waals surface area (Å²) in [6.07, 6.45) is 4.38. The molecule has 0 aliphatic heterocycles. The minimum absolute atomic E-state index is 0.0664. The minimum Gasteiger partial charge on any atom is -0.381 e. The first kappa shape index (κ1) is 16.5. The van der Waals surface area contributed by atoms with E-state index in [1.54, 1.807) is 6.20 Å². The molecule has 1 heterocycles. The summed E-state index contributed by atoms with van der Waals surface area (Å²) in [7, 11) is 0. The first-order chi connectivity index (χ1) is 10.0. The molecule has 1 fully saturated rings. The third kappa shape index (κ3) is 4.54. The van der Waals surface area contributed by atoms with E-state index >= 15 is 0 Å². The van der Waals surface area contributed by atoms with Crippen LogP contribution in [0, 0.1) is 5.92 Å². The molecular formula is C15H25BrN4O. The highest BCUT2D eigenvalue weighted by Gasteiger charge is 2.27. The standard InChI is InChI=1S/C15H25BrN4O/c1-4-19(12-5-6-12)8-7-17-13-9-18-20(10-11(2)3)15(21)14(13)16/h9,11-12,17H,4-8,10H2,1-3H3. The van der Waals surface area contributed by atoms with Crippen molar-refractivity contribution >= 4 is 21.6 Å². The molecule has 1 aromatic rings. The number of hydrogen-bond donors (Lipinski definition) is 1. The summed E-state index contributed by atoms with van der Waals surface area (Å²) in [6, 6.07) is 0.775. The van der Waals surface area contributed by atoms with Gasteiger partial charge in [0.05, 0.1) is 11.9 Å². The summed E-state index contributed by atoms with van der Waals surface area (Å²) in [4.78, 5) is 14.7. The monoisotopic (exact) mass is 356 g/mol. The van der Waals surface area contributed by atoms with Gasteiger partial charge in [-0.05, 0) is 41.2 Å². The normalized spacial score (nSPS) is 15.0. The zero-order chi connectivity index (χ0) is 15.4. The Morgan fingerprint density at radius 1 is 1.52 bits per heavy atom. The lowest BCUT2D eigenvalue weighted by molar-refractivity contribution is 0.289. The average Bonchev–Trinajstić information content (AvgIpc) is 3.26. The Labute approximate surface area is 134 Å². The Hall–Kier alpha value is -0.880. The summed E-state index contributed by atoms with van der Waals surface area (Å²) in [5, 5.41) is 7.56. The zero-order valence-electron chi connectivity index (χ0n) is 13.1. The third-order valence-electron chi connectivity index (χ3n) is 3.71. The van der Waals surface area contributed by atoms with Crippen molar-refractivity contribution in [3.05, 3.63) is 21.0 Å². The molecule has 0 atom stereocenters. The predicted octanol–water partition coefficient (Wildman–Crippen LogP) is 2.56. The van der Waals surface area contributed by atoms with Gasteiger partial charge in [-0.2, -0.15) is 5.10 Å². The van der Waals surface area contributed by atoms with E-state index in [4.69, 9.17) is 0 Å². The summed E-state index contributed by atoms with van der Waals surface area (Å²) < 4.78 is 2.09. The molecule has 1 aromatic heterocycles. The second-order valence-corrected chi connectivity index (χ2v) is 6.83. The molecule has 21 heavy (non-hydrogen) atoms. The van der Waals surface area contributed by atoms with Crippen LogP contribution >= 0.6 is 15.9 Å². The van der Waals surface area contributed by atoms with Crippen molar-refractivity contribution in [2.45, 2.75) is 46.2 Å². The van der Waals surface area contributed by atoms with Crippen molar-refractivity contribution in [2.24, 2.45) is 5.92 Å². The van der Waals surface area contributed by atoms with Crippen LogP contribution in [0.15, 0.2) is 15.5 Å². The van der Waals surface area contributed by atoms with Crippen molar-refractivity contribution in [1.29, 1.82) is 0 Å². The van der Waals surface area contributed by atoms with Gasteiger partial charge in [0.15, 0.2) is 0 Å². The van der Waals surface area contributed by atoms with Crippen molar-refractivity contribution in [2.75, 3.05) is 25.0 Å². The maximum absolute atomic E-state index is 12.2. The molecule has 1 N–H and O–H groups in total. The first-order valence-electron chi connectivity index (χ1n) is 7.76. The van der Waals surface area contributed by atoms with Crippen LogP contribution in [0.1, 0.15) is 33.6 Å². The number of halogens is 1. The molecule has 0 unspecified atom stereocenters. The Bertz CT molecular complexity index is 525. The van der Waals surface area contributed by atoms with E-state index in [0.717, 1.165) is 31.4 Å². The molecule has 0 spiro atoms. The number of likely N-dealkylation sites (N-methyl/N-ethyl adjacent to an activating group) is 1.